The third-order valence-electron chi connectivity index (χ3n) is 3.29. The summed E-state index contributed by atoms with van der Waals surface area (Å²) in [5, 5.41) is 0. The first-order chi connectivity index (χ1) is 9.00. The number of hydrogen-bond donors (Lipinski definition) is 0. The van der Waals surface area contributed by atoms with Crippen LogP contribution in [0.4, 0.5) is 0 Å². The number of rotatable bonds is 2. The van der Waals surface area contributed by atoms with Gasteiger partial charge in [0.15, 0.2) is 5.58 Å². The number of aromatic nitrogens is 1. The molecule has 0 atom stereocenters. The Bertz CT molecular complexity index is 673. The van der Waals surface area contributed by atoms with Gasteiger partial charge in [-0.1, -0.05) is 6.07 Å². The van der Waals surface area contributed by atoms with E-state index in [0.29, 0.717) is 18.7 Å². The van der Waals surface area contributed by atoms with Crippen molar-refractivity contribution >= 4 is 23.7 Å². The Morgan fingerprint density at radius 1 is 1.42 bits per heavy atom. The summed E-state index contributed by atoms with van der Waals surface area (Å²) < 4.78 is 18.2. The van der Waals surface area contributed by atoms with Crippen molar-refractivity contribution in [2.45, 2.75) is 32.9 Å². The van der Waals surface area contributed by atoms with Gasteiger partial charge in [0.05, 0.1) is 17.7 Å². The molecule has 0 saturated carbocycles. The fraction of sp³-hybridized carbons (Fsp3) is 0.462. The highest BCUT2D eigenvalue weighted by atomic mass is 16.7. The van der Waals surface area contributed by atoms with Crippen molar-refractivity contribution in [3.63, 3.8) is 0 Å². The largest absolute Gasteiger partial charge is 0.494 e. The van der Waals surface area contributed by atoms with Crippen molar-refractivity contribution in [3.05, 3.63) is 28.7 Å². The molecule has 2 aromatic rings. The number of hydrogen-bond acceptors (Lipinski definition) is 4. The summed E-state index contributed by atoms with van der Waals surface area (Å²) in [7, 11) is -0.380. The van der Waals surface area contributed by atoms with E-state index in [4.69, 9.17) is 13.7 Å². The summed E-state index contributed by atoms with van der Waals surface area (Å²) in [5.41, 5.74) is 2.00. The normalized spacial score (nSPS) is 18.4. The number of benzene rings is 1. The molecule has 1 aromatic heterocycles. The first kappa shape index (κ1) is 12.5. The van der Waals surface area contributed by atoms with E-state index in [9.17, 15) is 4.79 Å². The fourth-order valence-electron chi connectivity index (χ4n) is 2.32. The lowest BCUT2D eigenvalue weighted by Gasteiger charge is -2.15. The Balaban J connectivity index is 2.04. The minimum Gasteiger partial charge on any atom is -0.408 e. The molecule has 1 fully saturated rings. The van der Waals surface area contributed by atoms with Crippen molar-refractivity contribution < 1.29 is 13.7 Å². The lowest BCUT2D eigenvalue weighted by atomic mass is 9.79. The lowest BCUT2D eigenvalue weighted by Crippen LogP contribution is -2.34. The third-order valence-corrected chi connectivity index (χ3v) is 3.29. The zero-order valence-electron chi connectivity index (χ0n) is 11.3. The van der Waals surface area contributed by atoms with Crippen LogP contribution in [0.5, 0.6) is 0 Å². The van der Waals surface area contributed by atoms with E-state index < -0.39 is 0 Å². The molecule has 3 rings (SSSR count). The van der Waals surface area contributed by atoms with Crippen LogP contribution in [-0.2, 0) is 15.9 Å². The smallest absolute Gasteiger partial charge is 0.408 e. The average molecular weight is 261 g/mol. The Hall–Kier alpha value is -1.53. The maximum Gasteiger partial charge on any atom is 0.494 e. The van der Waals surface area contributed by atoms with Crippen LogP contribution in [0, 0.1) is 0 Å². The van der Waals surface area contributed by atoms with Gasteiger partial charge in [0.2, 0.25) is 0 Å². The first-order valence-electron chi connectivity index (χ1n) is 6.43. The minimum atomic E-state index is -0.380. The molecule has 0 spiro atoms. The predicted molar refractivity (Wildman–Crippen MR) is 72.7 cm³/mol. The van der Waals surface area contributed by atoms with Gasteiger partial charge >= 0.3 is 12.9 Å². The molecule has 0 N–H and O–H groups in total. The van der Waals surface area contributed by atoms with Crippen LogP contribution in [0.15, 0.2) is 27.4 Å². The summed E-state index contributed by atoms with van der Waals surface area (Å²) in [5.74, 6) is -0.330. The van der Waals surface area contributed by atoms with Crippen LogP contribution in [0.1, 0.15) is 20.8 Å². The summed E-state index contributed by atoms with van der Waals surface area (Å²) in [4.78, 5) is 11.6. The summed E-state index contributed by atoms with van der Waals surface area (Å²) in [6.07, 6.45) is 0. The molecular weight excluding hydrogens is 245 g/mol. The highest BCUT2D eigenvalue weighted by Gasteiger charge is 2.38. The molecule has 1 aliphatic rings. The van der Waals surface area contributed by atoms with E-state index in [1.807, 2.05) is 32.9 Å². The molecule has 0 unspecified atom stereocenters. The Morgan fingerprint density at radius 2 is 2.21 bits per heavy atom. The molecule has 19 heavy (non-hydrogen) atoms. The van der Waals surface area contributed by atoms with E-state index in [1.165, 1.54) is 0 Å². The molecule has 1 aromatic carbocycles. The van der Waals surface area contributed by atoms with E-state index in [-0.39, 0.29) is 18.5 Å². The summed E-state index contributed by atoms with van der Waals surface area (Å²) in [6.45, 7) is 7.03. The second kappa shape index (κ2) is 4.25. The number of nitrogens with zero attached hydrogens (tertiary/aromatic N) is 1. The standard InChI is InChI=1S/C13H16BNO4/c1-4-15-10-7-9(5-6-11(10)18-12(15)16)14-17-8-13(2,3)19-14/h5-7H,4,8H2,1-3H3. The van der Waals surface area contributed by atoms with Gasteiger partial charge < -0.3 is 13.7 Å². The zero-order chi connectivity index (χ0) is 13.6. The highest BCUT2D eigenvalue weighted by Crippen LogP contribution is 2.20. The van der Waals surface area contributed by atoms with Gasteiger partial charge in [0.25, 0.3) is 0 Å². The monoisotopic (exact) mass is 261 g/mol. The van der Waals surface area contributed by atoms with Crippen molar-refractivity contribution in [1.82, 2.24) is 4.57 Å². The van der Waals surface area contributed by atoms with Gasteiger partial charge in [-0.05, 0) is 38.4 Å². The fourth-order valence-corrected chi connectivity index (χ4v) is 2.32. The Morgan fingerprint density at radius 3 is 2.84 bits per heavy atom. The van der Waals surface area contributed by atoms with Crippen molar-refractivity contribution in [1.29, 1.82) is 0 Å². The van der Waals surface area contributed by atoms with E-state index >= 15 is 0 Å². The van der Waals surface area contributed by atoms with Crippen molar-refractivity contribution in [2.24, 2.45) is 0 Å². The van der Waals surface area contributed by atoms with E-state index in [0.717, 1.165) is 11.0 Å². The van der Waals surface area contributed by atoms with Crippen LogP contribution in [0.3, 0.4) is 0 Å². The second-order valence-electron chi connectivity index (χ2n) is 5.36. The topological polar surface area (TPSA) is 53.6 Å². The summed E-state index contributed by atoms with van der Waals surface area (Å²) in [6, 6.07) is 5.56. The average Bonchev–Trinajstić information content (AvgIpc) is 2.87. The van der Waals surface area contributed by atoms with Gasteiger partial charge in [-0.2, -0.15) is 0 Å². The number of aryl methyl sites for hydroxylation is 1. The molecule has 0 amide bonds. The van der Waals surface area contributed by atoms with Crippen LogP contribution in [-0.4, -0.2) is 23.9 Å². The molecule has 5 nitrogen and oxygen atoms in total. The molecule has 0 bridgehead atoms. The maximum atomic E-state index is 11.6. The van der Waals surface area contributed by atoms with Gasteiger partial charge in [-0.3, -0.25) is 4.57 Å². The maximum absolute atomic E-state index is 11.6. The molecule has 0 aliphatic carbocycles. The van der Waals surface area contributed by atoms with Crippen LogP contribution in [0.2, 0.25) is 0 Å². The molecule has 2 heterocycles. The highest BCUT2D eigenvalue weighted by molar-refractivity contribution is 6.62. The zero-order valence-corrected chi connectivity index (χ0v) is 11.3. The number of oxazole rings is 1. The van der Waals surface area contributed by atoms with Gasteiger partial charge in [0, 0.05) is 6.54 Å². The second-order valence-corrected chi connectivity index (χ2v) is 5.36. The summed E-state index contributed by atoms with van der Waals surface area (Å²) >= 11 is 0. The SMILES string of the molecule is CCn1c(=O)oc2ccc(B3OCC(C)(C)O3)cc21. The van der Waals surface area contributed by atoms with Crippen LogP contribution < -0.4 is 11.2 Å². The molecule has 6 heteroatoms. The van der Waals surface area contributed by atoms with Crippen LogP contribution in [0.25, 0.3) is 11.1 Å². The molecule has 100 valence electrons. The predicted octanol–water partition coefficient (Wildman–Crippen LogP) is 1.13. The van der Waals surface area contributed by atoms with Crippen LogP contribution >= 0.6 is 0 Å². The Labute approximate surface area is 111 Å². The van der Waals surface area contributed by atoms with Crippen molar-refractivity contribution in [3.8, 4) is 0 Å². The quantitative estimate of drug-likeness (QED) is 0.760. The lowest BCUT2D eigenvalue weighted by molar-refractivity contribution is 0.137. The first-order valence-corrected chi connectivity index (χ1v) is 6.43. The van der Waals surface area contributed by atoms with Crippen molar-refractivity contribution in [2.75, 3.05) is 6.61 Å². The third kappa shape index (κ3) is 2.11. The Kier molecular flexibility index (Phi) is 2.80. The van der Waals surface area contributed by atoms with Gasteiger partial charge in [0.1, 0.15) is 0 Å². The van der Waals surface area contributed by atoms with Gasteiger partial charge in [-0.25, -0.2) is 4.79 Å². The number of fused-ring (bicyclic) bond motifs is 1. The molecular formula is C13H16BNO4. The van der Waals surface area contributed by atoms with E-state index in [1.54, 1.807) is 10.6 Å². The molecule has 1 saturated heterocycles. The molecule has 1 aliphatic heterocycles. The minimum absolute atomic E-state index is 0.277. The van der Waals surface area contributed by atoms with Gasteiger partial charge in [-0.15, -0.1) is 0 Å². The molecule has 0 radical (unpaired) electrons. The van der Waals surface area contributed by atoms with E-state index in [2.05, 4.69) is 0 Å².